The van der Waals surface area contributed by atoms with Gasteiger partial charge in [-0.05, 0) is 23.5 Å². The Kier molecular flexibility index (Phi) is 5.86. The quantitative estimate of drug-likeness (QED) is 0.811. The lowest BCUT2D eigenvalue weighted by atomic mass is 10.0. The molecule has 0 radical (unpaired) electrons. The molecule has 0 aliphatic carbocycles. The van der Waals surface area contributed by atoms with Gasteiger partial charge in [-0.2, -0.15) is 0 Å². The van der Waals surface area contributed by atoms with Gasteiger partial charge in [0.2, 0.25) is 5.91 Å². The van der Waals surface area contributed by atoms with Crippen LogP contribution in [0.1, 0.15) is 38.3 Å². The molecule has 0 aliphatic rings. The number of nitrogens with two attached hydrogens (primary N) is 1. The maximum absolute atomic E-state index is 12.0. The van der Waals surface area contributed by atoms with Crippen molar-refractivity contribution in [2.45, 2.75) is 46.2 Å². The van der Waals surface area contributed by atoms with Crippen molar-refractivity contribution in [3.63, 3.8) is 0 Å². The molecule has 1 amide bonds. The summed E-state index contributed by atoms with van der Waals surface area (Å²) in [6, 6.07) is 8.09. The molecule has 0 aliphatic heterocycles. The average molecular weight is 248 g/mol. The van der Waals surface area contributed by atoms with Gasteiger partial charge in [-0.1, -0.05) is 45.0 Å². The summed E-state index contributed by atoms with van der Waals surface area (Å²) in [4.78, 5) is 12.0. The molecule has 0 bridgehead atoms. The van der Waals surface area contributed by atoms with Gasteiger partial charge in [0.05, 0.1) is 6.42 Å². The van der Waals surface area contributed by atoms with E-state index >= 15 is 0 Å². The van der Waals surface area contributed by atoms with Crippen LogP contribution in [0.25, 0.3) is 0 Å². The molecule has 3 nitrogen and oxygen atoms in total. The lowest BCUT2D eigenvalue weighted by Gasteiger charge is -2.21. The average Bonchev–Trinajstić information content (AvgIpc) is 2.36. The van der Waals surface area contributed by atoms with Gasteiger partial charge in [-0.15, -0.1) is 0 Å². The van der Waals surface area contributed by atoms with Crippen LogP contribution in [0.15, 0.2) is 24.3 Å². The van der Waals surface area contributed by atoms with E-state index in [1.807, 2.05) is 24.3 Å². The van der Waals surface area contributed by atoms with E-state index in [2.05, 4.69) is 26.1 Å². The summed E-state index contributed by atoms with van der Waals surface area (Å²) in [5.74, 6) is 0.542. The number of carbonyl (C=O) groups excluding carboxylic acids is 1. The van der Waals surface area contributed by atoms with Crippen LogP contribution in [-0.2, 0) is 17.8 Å². The van der Waals surface area contributed by atoms with Crippen LogP contribution in [-0.4, -0.2) is 11.9 Å². The molecule has 0 fully saturated rings. The van der Waals surface area contributed by atoms with Gasteiger partial charge >= 0.3 is 0 Å². The minimum Gasteiger partial charge on any atom is -0.353 e. The van der Waals surface area contributed by atoms with Crippen molar-refractivity contribution in [1.29, 1.82) is 0 Å². The standard InChI is InChI=1S/C15H24N2O/c1-4-14(11(2)3)17-15(18)9-12-7-5-6-8-13(12)10-16/h5-8,11,14H,4,9-10,16H2,1-3H3,(H,17,18). The van der Waals surface area contributed by atoms with E-state index in [0.717, 1.165) is 17.5 Å². The highest BCUT2D eigenvalue weighted by Crippen LogP contribution is 2.10. The number of benzene rings is 1. The molecule has 3 N–H and O–H groups in total. The van der Waals surface area contributed by atoms with Crippen molar-refractivity contribution in [3.05, 3.63) is 35.4 Å². The van der Waals surface area contributed by atoms with Crippen molar-refractivity contribution in [2.75, 3.05) is 0 Å². The van der Waals surface area contributed by atoms with Crippen LogP contribution in [0.3, 0.4) is 0 Å². The largest absolute Gasteiger partial charge is 0.353 e. The first-order valence-electron chi connectivity index (χ1n) is 6.64. The highest BCUT2D eigenvalue weighted by Gasteiger charge is 2.14. The SMILES string of the molecule is CCC(NC(=O)Cc1ccccc1CN)C(C)C. The number of amides is 1. The Morgan fingerprint density at radius 1 is 1.28 bits per heavy atom. The van der Waals surface area contributed by atoms with E-state index in [9.17, 15) is 4.79 Å². The van der Waals surface area contributed by atoms with Crippen molar-refractivity contribution >= 4 is 5.91 Å². The van der Waals surface area contributed by atoms with Gasteiger partial charge in [-0.25, -0.2) is 0 Å². The monoisotopic (exact) mass is 248 g/mol. The van der Waals surface area contributed by atoms with E-state index < -0.39 is 0 Å². The van der Waals surface area contributed by atoms with Crippen LogP contribution < -0.4 is 11.1 Å². The van der Waals surface area contributed by atoms with Crippen molar-refractivity contribution < 1.29 is 4.79 Å². The normalized spacial score (nSPS) is 12.5. The predicted molar refractivity (Wildman–Crippen MR) is 75.1 cm³/mol. The minimum absolute atomic E-state index is 0.0800. The number of rotatable bonds is 6. The molecule has 1 rings (SSSR count). The Morgan fingerprint density at radius 3 is 2.39 bits per heavy atom. The highest BCUT2D eigenvalue weighted by molar-refractivity contribution is 5.79. The number of hydrogen-bond acceptors (Lipinski definition) is 2. The van der Waals surface area contributed by atoms with Gasteiger partial charge in [0.1, 0.15) is 0 Å². The molecule has 1 atom stereocenters. The summed E-state index contributed by atoms with van der Waals surface area (Å²) >= 11 is 0. The Labute approximate surface area is 110 Å². The molecule has 100 valence electrons. The van der Waals surface area contributed by atoms with E-state index in [-0.39, 0.29) is 11.9 Å². The lowest BCUT2D eigenvalue weighted by molar-refractivity contribution is -0.121. The Hall–Kier alpha value is -1.35. The molecule has 0 heterocycles. The molecular formula is C15H24N2O. The molecule has 0 saturated heterocycles. The summed E-state index contributed by atoms with van der Waals surface area (Å²) < 4.78 is 0. The van der Waals surface area contributed by atoms with E-state index in [0.29, 0.717) is 18.9 Å². The third kappa shape index (κ3) is 4.15. The second-order valence-corrected chi connectivity index (χ2v) is 4.98. The Morgan fingerprint density at radius 2 is 1.89 bits per heavy atom. The summed E-state index contributed by atoms with van der Waals surface area (Å²) in [7, 11) is 0. The zero-order valence-corrected chi connectivity index (χ0v) is 11.6. The second-order valence-electron chi connectivity index (χ2n) is 4.98. The maximum atomic E-state index is 12.0. The molecule has 3 heteroatoms. The minimum atomic E-state index is 0.0800. The first-order chi connectivity index (χ1) is 8.58. The fourth-order valence-electron chi connectivity index (χ4n) is 2.10. The smallest absolute Gasteiger partial charge is 0.224 e. The molecule has 18 heavy (non-hydrogen) atoms. The van der Waals surface area contributed by atoms with Crippen LogP contribution in [0.5, 0.6) is 0 Å². The maximum Gasteiger partial charge on any atom is 0.224 e. The van der Waals surface area contributed by atoms with Gasteiger partial charge < -0.3 is 11.1 Å². The van der Waals surface area contributed by atoms with Gasteiger partial charge in [0, 0.05) is 12.6 Å². The molecule has 0 spiro atoms. The molecule has 1 aromatic carbocycles. The number of carbonyl (C=O) groups is 1. The number of nitrogens with one attached hydrogen (secondary N) is 1. The number of hydrogen-bond donors (Lipinski definition) is 2. The summed E-state index contributed by atoms with van der Waals surface area (Å²) in [5, 5.41) is 3.09. The van der Waals surface area contributed by atoms with E-state index in [4.69, 9.17) is 5.73 Å². The molecule has 0 saturated carbocycles. The third-order valence-electron chi connectivity index (χ3n) is 3.28. The summed E-state index contributed by atoms with van der Waals surface area (Å²) in [6.07, 6.45) is 1.37. The first-order valence-corrected chi connectivity index (χ1v) is 6.64. The first kappa shape index (κ1) is 14.7. The van der Waals surface area contributed by atoms with Gasteiger partial charge in [0.25, 0.3) is 0 Å². The van der Waals surface area contributed by atoms with Gasteiger partial charge in [0.15, 0.2) is 0 Å². The highest BCUT2D eigenvalue weighted by atomic mass is 16.1. The van der Waals surface area contributed by atoms with Gasteiger partial charge in [-0.3, -0.25) is 4.79 Å². The zero-order chi connectivity index (χ0) is 13.5. The van der Waals surface area contributed by atoms with Crippen LogP contribution in [0.4, 0.5) is 0 Å². The lowest BCUT2D eigenvalue weighted by Crippen LogP contribution is -2.39. The van der Waals surface area contributed by atoms with Crippen LogP contribution >= 0.6 is 0 Å². The molecule has 1 unspecified atom stereocenters. The fourth-order valence-corrected chi connectivity index (χ4v) is 2.10. The van der Waals surface area contributed by atoms with Crippen molar-refractivity contribution in [1.82, 2.24) is 5.32 Å². The summed E-state index contributed by atoms with van der Waals surface area (Å²) in [6.45, 7) is 6.83. The Balaban J connectivity index is 2.64. The second kappa shape index (κ2) is 7.17. The molecule has 0 aromatic heterocycles. The topological polar surface area (TPSA) is 55.1 Å². The molecule has 1 aromatic rings. The Bertz CT molecular complexity index is 388. The van der Waals surface area contributed by atoms with Crippen molar-refractivity contribution in [3.8, 4) is 0 Å². The third-order valence-corrected chi connectivity index (χ3v) is 3.28. The molecular weight excluding hydrogens is 224 g/mol. The fraction of sp³-hybridized carbons (Fsp3) is 0.533. The van der Waals surface area contributed by atoms with E-state index in [1.54, 1.807) is 0 Å². The zero-order valence-electron chi connectivity index (χ0n) is 11.6. The summed E-state index contributed by atoms with van der Waals surface area (Å²) in [5.41, 5.74) is 7.74. The van der Waals surface area contributed by atoms with Crippen molar-refractivity contribution in [2.24, 2.45) is 11.7 Å². The van der Waals surface area contributed by atoms with E-state index in [1.165, 1.54) is 0 Å². The van der Waals surface area contributed by atoms with Crippen LogP contribution in [0.2, 0.25) is 0 Å². The predicted octanol–water partition coefficient (Wildman–Crippen LogP) is 2.24. The van der Waals surface area contributed by atoms with Crippen LogP contribution in [0, 0.1) is 5.92 Å².